The Kier molecular flexibility index (Phi) is 8.67. The monoisotopic (exact) mass is 424 g/mol. The standard InChI is InChI=1S/C18H33ClN2O5S/c1-5-6-10-7-11(21(3)8-10)17(25)20-12(9(2)19)16-14(23)13(22)15(24)18(26-16)27-4/h9-16,18,22-24H,5-8H2,1-4H3,(H,20,25)/t9-,10-,11+,12-,13-,14+,15+,16+,18+/m0/s1. The van der Waals surface area contributed by atoms with Gasteiger partial charge in [-0.15, -0.1) is 23.4 Å². The fourth-order valence-electron chi connectivity index (χ4n) is 4.11. The van der Waals surface area contributed by atoms with E-state index in [1.807, 2.05) is 11.9 Å². The number of carbonyl (C=O) groups excluding carboxylic acids is 1. The number of carbonyl (C=O) groups is 1. The highest BCUT2D eigenvalue weighted by Crippen LogP contribution is 2.31. The number of aliphatic hydroxyl groups is 3. The summed E-state index contributed by atoms with van der Waals surface area (Å²) in [7, 11) is 1.94. The van der Waals surface area contributed by atoms with Crippen LogP contribution in [0.5, 0.6) is 0 Å². The van der Waals surface area contributed by atoms with Crippen molar-refractivity contribution >= 4 is 29.3 Å². The predicted molar refractivity (Wildman–Crippen MR) is 107 cm³/mol. The van der Waals surface area contributed by atoms with E-state index in [9.17, 15) is 20.1 Å². The molecule has 2 rings (SSSR count). The highest BCUT2D eigenvalue weighted by Gasteiger charge is 2.48. The molecular weight excluding hydrogens is 392 g/mol. The molecule has 158 valence electrons. The molecule has 1 amide bonds. The van der Waals surface area contributed by atoms with E-state index in [1.54, 1.807) is 13.2 Å². The van der Waals surface area contributed by atoms with Crippen LogP contribution in [0.4, 0.5) is 0 Å². The van der Waals surface area contributed by atoms with Gasteiger partial charge in [-0.25, -0.2) is 0 Å². The number of alkyl halides is 1. The van der Waals surface area contributed by atoms with E-state index < -0.39 is 41.3 Å². The molecule has 27 heavy (non-hydrogen) atoms. The van der Waals surface area contributed by atoms with Gasteiger partial charge >= 0.3 is 0 Å². The number of amides is 1. The van der Waals surface area contributed by atoms with Crippen molar-refractivity contribution in [3.05, 3.63) is 0 Å². The number of halogens is 1. The van der Waals surface area contributed by atoms with Gasteiger partial charge in [-0.1, -0.05) is 13.3 Å². The molecule has 4 N–H and O–H groups in total. The Labute approximate surface area is 170 Å². The smallest absolute Gasteiger partial charge is 0.237 e. The van der Waals surface area contributed by atoms with Gasteiger partial charge < -0.3 is 25.4 Å². The normalized spacial score (nSPS) is 39.9. The van der Waals surface area contributed by atoms with Crippen molar-refractivity contribution in [1.29, 1.82) is 0 Å². The van der Waals surface area contributed by atoms with Gasteiger partial charge in [0.05, 0.1) is 17.5 Å². The first-order chi connectivity index (χ1) is 12.7. The number of likely N-dealkylation sites (tertiary alicyclic amines) is 1. The summed E-state index contributed by atoms with van der Waals surface area (Å²) in [5, 5.41) is 33.0. The van der Waals surface area contributed by atoms with Gasteiger partial charge in [0.25, 0.3) is 0 Å². The molecule has 0 saturated carbocycles. The largest absolute Gasteiger partial charge is 0.388 e. The molecular formula is C18H33ClN2O5S. The van der Waals surface area contributed by atoms with Gasteiger partial charge in [0.15, 0.2) is 0 Å². The number of hydrogen-bond acceptors (Lipinski definition) is 7. The molecule has 2 fully saturated rings. The van der Waals surface area contributed by atoms with E-state index in [4.69, 9.17) is 16.3 Å². The van der Waals surface area contributed by atoms with Crippen LogP contribution in [-0.2, 0) is 9.53 Å². The van der Waals surface area contributed by atoms with Crippen molar-refractivity contribution in [2.24, 2.45) is 5.92 Å². The quantitative estimate of drug-likeness (QED) is 0.438. The molecule has 0 aliphatic carbocycles. The van der Waals surface area contributed by atoms with E-state index in [2.05, 4.69) is 12.2 Å². The Morgan fingerprint density at radius 1 is 1.33 bits per heavy atom. The SMILES string of the molecule is CCC[C@H]1C[C@H](C(=O)N[C@H]([C@H]2O[C@H](SC)[C@H](O)[C@@H](O)[C@H]2O)[C@H](C)Cl)N(C)C1. The summed E-state index contributed by atoms with van der Waals surface area (Å²) in [5.74, 6) is 0.350. The zero-order chi connectivity index (χ0) is 20.3. The second-order valence-electron chi connectivity index (χ2n) is 7.73. The van der Waals surface area contributed by atoms with Crippen LogP contribution in [0.15, 0.2) is 0 Å². The van der Waals surface area contributed by atoms with Gasteiger partial charge in [-0.2, -0.15) is 0 Å². The average Bonchev–Trinajstić information content (AvgIpc) is 2.99. The van der Waals surface area contributed by atoms with Crippen LogP contribution in [-0.4, -0.2) is 93.3 Å². The van der Waals surface area contributed by atoms with Gasteiger partial charge in [0.2, 0.25) is 5.91 Å². The summed E-state index contributed by atoms with van der Waals surface area (Å²) in [6.45, 7) is 4.74. The zero-order valence-corrected chi connectivity index (χ0v) is 18.0. The number of nitrogens with zero attached hydrogens (tertiary/aromatic N) is 1. The van der Waals surface area contributed by atoms with Crippen LogP contribution in [0.1, 0.15) is 33.1 Å². The van der Waals surface area contributed by atoms with E-state index >= 15 is 0 Å². The Morgan fingerprint density at radius 2 is 2.00 bits per heavy atom. The molecule has 2 aliphatic rings. The number of likely N-dealkylation sites (N-methyl/N-ethyl adjacent to an activating group) is 1. The summed E-state index contributed by atoms with van der Waals surface area (Å²) in [4.78, 5) is 14.9. The number of hydrogen-bond donors (Lipinski definition) is 4. The molecule has 9 atom stereocenters. The van der Waals surface area contributed by atoms with Crippen LogP contribution in [0, 0.1) is 5.92 Å². The summed E-state index contributed by atoms with van der Waals surface area (Å²) in [6, 6.07) is -0.934. The van der Waals surface area contributed by atoms with E-state index in [0.29, 0.717) is 5.92 Å². The van der Waals surface area contributed by atoms with Crippen LogP contribution in [0.2, 0.25) is 0 Å². The number of aliphatic hydroxyl groups excluding tert-OH is 3. The van der Waals surface area contributed by atoms with Gasteiger partial charge in [-0.3, -0.25) is 9.69 Å². The average molecular weight is 425 g/mol. The first-order valence-corrected chi connectivity index (χ1v) is 11.3. The molecule has 0 aromatic heterocycles. The lowest BCUT2D eigenvalue weighted by molar-refractivity contribution is -0.205. The highest BCUT2D eigenvalue weighted by atomic mass is 35.5. The maximum absolute atomic E-state index is 12.9. The maximum Gasteiger partial charge on any atom is 0.237 e. The van der Waals surface area contributed by atoms with Gasteiger partial charge in [-0.05, 0) is 39.0 Å². The molecule has 2 saturated heterocycles. The van der Waals surface area contributed by atoms with Gasteiger partial charge in [0.1, 0.15) is 29.9 Å². The Morgan fingerprint density at radius 3 is 2.56 bits per heavy atom. The van der Waals surface area contributed by atoms with Crippen molar-refractivity contribution in [2.45, 2.75) is 80.4 Å². The summed E-state index contributed by atoms with van der Waals surface area (Å²) in [6.07, 6.45) is -0.0980. The molecule has 2 heterocycles. The summed E-state index contributed by atoms with van der Waals surface area (Å²) >= 11 is 7.55. The fourth-order valence-corrected chi connectivity index (χ4v) is 5.00. The molecule has 0 aromatic carbocycles. The maximum atomic E-state index is 12.9. The lowest BCUT2D eigenvalue weighted by Crippen LogP contribution is -2.65. The molecule has 0 unspecified atom stereocenters. The molecule has 0 bridgehead atoms. The van der Waals surface area contributed by atoms with Crippen molar-refractivity contribution in [3.63, 3.8) is 0 Å². The number of rotatable bonds is 7. The minimum absolute atomic E-state index is 0.147. The second-order valence-corrected chi connectivity index (χ2v) is 9.36. The van der Waals surface area contributed by atoms with Crippen molar-refractivity contribution in [3.8, 4) is 0 Å². The first-order valence-electron chi connectivity index (χ1n) is 9.58. The van der Waals surface area contributed by atoms with Crippen molar-refractivity contribution < 1.29 is 24.9 Å². The Hall–Kier alpha value is -0.0900. The lowest BCUT2D eigenvalue weighted by atomic mass is 9.92. The third kappa shape index (κ3) is 5.29. The van der Waals surface area contributed by atoms with E-state index in [-0.39, 0.29) is 11.9 Å². The van der Waals surface area contributed by atoms with Crippen LogP contribution in [0.25, 0.3) is 0 Å². The molecule has 2 aliphatic heterocycles. The topological polar surface area (TPSA) is 102 Å². The molecule has 0 aromatic rings. The Bertz CT molecular complexity index is 498. The summed E-state index contributed by atoms with van der Waals surface area (Å²) < 4.78 is 5.79. The van der Waals surface area contributed by atoms with E-state index in [1.165, 1.54) is 11.8 Å². The summed E-state index contributed by atoms with van der Waals surface area (Å²) in [5.41, 5.74) is -0.702. The minimum atomic E-state index is -1.36. The predicted octanol–water partition coefficient (Wildman–Crippen LogP) is 0.390. The second kappa shape index (κ2) is 10.1. The third-order valence-electron chi connectivity index (χ3n) is 5.63. The molecule has 0 spiro atoms. The minimum Gasteiger partial charge on any atom is -0.388 e. The Balaban J connectivity index is 2.09. The third-order valence-corrected chi connectivity index (χ3v) is 6.76. The lowest BCUT2D eigenvalue weighted by Gasteiger charge is -2.44. The van der Waals surface area contributed by atoms with Gasteiger partial charge in [0, 0.05) is 6.54 Å². The first kappa shape index (κ1) is 23.2. The van der Waals surface area contributed by atoms with E-state index in [0.717, 1.165) is 25.8 Å². The fraction of sp³-hybridized carbons (Fsp3) is 0.944. The van der Waals surface area contributed by atoms with Crippen LogP contribution >= 0.6 is 23.4 Å². The molecule has 0 radical (unpaired) electrons. The van der Waals surface area contributed by atoms with Crippen LogP contribution < -0.4 is 5.32 Å². The zero-order valence-electron chi connectivity index (χ0n) is 16.4. The number of ether oxygens (including phenoxy) is 1. The number of nitrogens with one attached hydrogen (secondary N) is 1. The van der Waals surface area contributed by atoms with Crippen LogP contribution in [0.3, 0.4) is 0 Å². The van der Waals surface area contributed by atoms with Crippen molar-refractivity contribution in [2.75, 3.05) is 19.8 Å². The molecule has 9 heteroatoms. The highest BCUT2D eigenvalue weighted by molar-refractivity contribution is 7.99. The number of thioether (sulfide) groups is 1. The van der Waals surface area contributed by atoms with Crippen molar-refractivity contribution in [1.82, 2.24) is 10.2 Å². The molecule has 7 nitrogen and oxygen atoms in total.